The number of alkyl halides is 1. The van der Waals surface area contributed by atoms with Crippen LogP contribution >= 0.6 is 22.6 Å². The molecule has 0 N–H and O–H groups in total. The van der Waals surface area contributed by atoms with Crippen LogP contribution in [-0.2, 0) is 22.6 Å². The van der Waals surface area contributed by atoms with E-state index in [9.17, 15) is 9.59 Å². The molecule has 0 heterocycles. The number of carbonyl (C=O) groups excluding carboxylic acids is 2. The van der Waals surface area contributed by atoms with Gasteiger partial charge in [-0.05, 0) is 60.7 Å². The lowest BCUT2D eigenvalue weighted by molar-refractivity contribution is -0.154. The number of hydrogen-bond donors (Lipinski definition) is 0. The van der Waals surface area contributed by atoms with Crippen molar-refractivity contribution in [2.24, 2.45) is 0 Å². The summed E-state index contributed by atoms with van der Waals surface area (Å²) in [6.07, 6.45) is 1.87. The zero-order valence-electron chi connectivity index (χ0n) is 18.3. The molecule has 0 saturated heterocycles. The molecule has 166 valence electrons. The molecule has 0 aromatic heterocycles. The number of carbonyl (C=O) groups is 2. The Morgan fingerprint density at radius 1 is 0.969 bits per heavy atom. The Morgan fingerprint density at radius 3 is 2.44 bits per heavy atom. The molecular weight excluding hydrogens is 515 g/mol. The van der Waals surface area contributed by atoms with E-state index < -0.39 is 5.60 Å². The van der Waals surface area contributed by atoms with E-state index in [0.717, 1.165) is 38.7 Å². The van der Waals surface area contributed by atoms with Crippen LogP contribution in [0.2, 0.25) is 0 Å². The molecule has 0 spiro atoms. The molecule has 32 heavy (non-hydrogen) atoms. The summed E-state index contributed by atoms with van der Waals surface area (Å²) < 4.78 is 12.2. The molecule has 0 bridgehead atoms. The van der Waals surface area contributed by atoms with Crippen LogP contribution in [0.15, 0.2) is 72.8 Å². The van der Waals surface area contributed by atoms with Gasteiger partial charge in [0.25, 0.3) is 0 Å². The first-order valence-electron chi connectivity index (χ1n) is 10.5. The maximum absolute atomic E-state index is 12.0. The van der Waals surface area contributed by atoms with Gasteiger partial charge in [-0.25, -0.2) is 0 Å². The van der Waals surface area contributed by atoms with E-state index in [1.165, 1.54) is 0 Å². The van der Waals surface area contributed by atoms with E-state index in [0.29, 0.717) is 25.0 Å². The van der Waals surface area contributed by atoms with Crippen LogP contribution in [-0.4, -0.2) is 22.3 Å². The molecule has 4 nitrogen and oxygen atoms in total. The Labute approximate surface area is 203 Å². The van der Waals surface area contributed by atoms with Gasteiger partial charge in [0.2, 0.25) is 0 Å². The first-order valence-corrected chi connectivity index (χ1v) is 12.1. The second kappa shape index (κ2) is 11.3. The van der Waals surface area contributed by atoms with Gasteiger partial charge in [-0.15, -0.1) is 0 Å². The largest absolute Gasteiger partial charge is 0.489 e. The number of benzene rings is 3. The lowest BCUT2D eigenvalue weighted by atomic mass is 9.99. The Bertz CT molecular complexity index is 1060. The lowest BCUT2D eigenvalue weighted by Gasteiger charge is -2.22. The topological polar surface area (TPSA) is 52.6 Å². The first-order chi connectivity index (χ1) is 15.4. The summed E-state index contributed by atoms with van der Waals surface area (Å²) in [5, 5.41) is 0. The second-order valence-electron chi connectivity index (χ2n) is 8.21. The van der Waals surface area contributed by atoms with E-state index >= 15 is 0 Å². The Hall–Kier alpha value is -2.67. The summed E-state index contributed by atoms with van der Waals surface area (Å²) in [7, 11) is 0. The van der Waals surface area contributed by atoms with Crippen LogP contribution in [0, 0.1) is 0 Å². The third-order valence-corrected chi connectivity index (χ3v) is 6.82. The van der Waals surface area contributed by atoms with Crippen molar-refractivity contribution in [3.63, 3.8) is 0 Å². The maximum atomic E-state index is 12.0. The highest BCUT2D eigenvalue weighted by Crippen LogP contribution is 2.24. The Morgan fingerprint density at radius 2 is 1.72 bits per heavy atom. The fourth-order valence-electron chi connectivity index (χ4n) is 3.24. The maximum Gasteiger partial charge on any atom is 0.306 e. The predicted octanol–water partition coefficient (Wildman–Crippen LogP) is 6.43. The van der Waals surface area contributed by atoms with Gasteiger partial charge in [0.05, 0.1) is 0 Å². The molecule has 0 unspecified atom stereocenters. The van der Waals surface area contributed by atoms with E-state index in [1.807, 2.05) is 86.6 Å². The molecular formula is C27H27IO4. The van der Waals surface area contributed by atoms with Gasteiger partial charge < -0.3 is 9.47 Å². The standard InChI is InChI=1S/C27H27IO4/c1-27(2,19-28)32-26(30)15-12-20-10-13-24(14-11-20)31-18-21-6-5-8-22(16-21)25-9-4-3-7-23(25)17-29/h3-11,13-14,16-17H,12,15,18-19H2,1-2H3. The number of hydrogen-bond acceptors (Lipinski definition) is 4. The fraction of sp³-hybridized carbons (Fsp3) is 0.259. The summed E-state index contributed by atoms with van der Waals surface area (Å²) in [5.74, 6) is 0.587. The minimum atomic E-state index is -0.429. The van der Waals surface area contributed by atoms with E-state index in [2.05, 4.69) is 22.6 Å². The molecule has 0 atom stereocenters. The van der Waals surface area contributed by atoms with Crippen LogP contribution in [0.5, 0.6) is 5.75 Å². The van der Waals surface area contributed by atoms with Crippen molar-refractivity contribution < 1.29 is 19.1 Å². The quantitative estimate of drug-likeness (QED) is 0.128. The number of aryl methyl sites for hydroxylation is 1. The van der Waals surface area contributed by atoms with Crippen LogP contribution in [0.25, 0.3) is 11.1 Å². The first kappa shape index (κ1) is 24.0. The lowest BCUT2D eigenvalue weighted by Crippen LogP contribution is -2.29. The van der Waals surface area contributed by atoms with Crippen molar-refractivity contribution in [3.05, 3.63) is 89.5 Å². The third-order valence-electron chi connectivity index (χ3n) is 4.98. The number of rotatable bonds is 10. The summed E-state index contributed by atoms with van der Waals surface area (Å²) in [6, 6.07) is 23.3. The zero-order chi connectivity index (χ0) is 23.0. The van der Waals surface area contributed by atoms with Crippen molar-refractivity contribution in [2.75, 3.05) is 4.43 Å². The third kappa shape index (κ3) is 6.92. The van der Waals surface area contributed by atoms with E-state index in [1.54, 1.807) is 0 Å². The van der Waals surface area contributed by atoms with Gasteiger partial charge >= 0.3 is 5.97 Å². The highest BCUT2D eigenvalue weighted by molar-refractivity contribution is 14.1. The Balaban J connectivity index is 1.56. The van der Waals surface area contributed by atoms with Crippen LogP contribution in [0.1, 0.15) is 41.8 Å². The summed E-state index contributed by atoms with van der Waals surface area (Å²) in [6.45, 7) is 4.26. The van der Waals surface area contributed by atoms with Crippen molar-refractivity contribution in [3.8, 4) is 16.9 Å². The number of aldehydes is 1. The zero-order valence-corrected chi connectivity index (χ0v) is 20.5. The molecule has 0 fully saturated rings. The molecule has 0 aliphatic heterocycles. The highest BCUT2D eigenvalue weighted by Gasteiger charge is 2.20. The number of ether oxygens (including phenoxy) is 2. The fourth-order valence-corrected chi connectivity index (χ4v) is 3.40. The molecule has 3 aromatic rings. The van der Waals surface area contributed by atoms with Crippen molar-refractivity contribution >= 4 is 34.8 Å². The average molecular weight is 542 g/mol. The van der Waals surface area contributed by atoms with Crippen LogP contribution in [0.4, 0.5) is 0 Å². The molecule has 3 rings (SSSR count). The minimum Gasteiger partial charge on any atom is -0.489 e. The van der Waals surface area contributed by atoms with Crippen molar-refractivity contribution in [1.82, 2.24) is 0 Å². The minimum absolute atomic E-state index is 0.178. The van der Waals surface area contributed by atoms with Crippen molar-refractivity contribution in [1.29, 1.82) is 0 Å². The molecule has 0 radical (unpaired) electrons. The van der Waals surface area contributed by atoms with Crippen LogP contribution < -0.4 is 4.74 Å². The van der Waals surface area contributed by atoms with Gasteiger partial charge in [-0.3, -0.25) is 9.59 Å². The molecule has 0 amide bonds. The van der Waals surface area contributed by atoms with Gasteiger partial charge in [0.15, 0.2) is 6.29 Å². The predicted molar refractivity (Wildman–Crippen MR) is 135 cm³/mol. The van der Waals surface area contributed by atoms with Gasteiger partial charge in [-0.2, -0.15) is 0 Å². The smallest absolute Gasteiger partial charge is 0.306 e. The highest BCUT2D eigenvalue weighted by atomic mass is 127. The summed E-state index contributed by atoms with van der Waals surface area (Å²) >= 11 is 2.22. The van der Waals surface area contributed by atoms with E-state index in [-0.39, 0.29) is 5.97 Å². The second-order valence-corrected chi connectivity index (χ2v) is 8.97. The van der Waals surface area contributed by atoms with Crippen molar-refractivity contribution in [2.45, 2.75) is 38.9 Å². The Kier molecular flexibility index (Phi) is 8.45. The SMILES string of the molecule is CC(C)(CI)OC(=O)CCc1ccc(OCc2cccc(-c3ccccc3C=O)c2)cc1. The number of halogens is 1. The van der Waals surface area contributed by atoms with Crippen LogP contribution in [0.3, 0.4) is 0 Å². The molecule has 0 aliphatic rings. The molecule has 0 saturated carbocycles. The summed E-state index contributed by atoms with van der Waals surface area (Å²) in [5.41, 5.74) is 4.22. The normalized spacial score (nSPS) is 11.1. The van der Waals surface area contributed by atoms with E-state index in [4.69, 9.17) is 9.47 Å². The summed E-state index contributed by atoms with van der Waals surface area (Å²) in [4.78, 5) is 23.3. The molecule has 5 heteroatoms. The van der Waals surface area contributed by atoms with Gasteiger partial charge in [-0.1, -0.05) is 77.2 Å². The molecule has 0 aliphatic carbocycles. The monoisotopic (exact) mass is 542 g/mol. The number of esters is 1. The average Bonchev–Trinajstić information content (AvgIpc) is 2.82. The molecule has 3 aromatic carbocycles. The van der Waals surface area contributed by atoms with Gasteiger partial charge in [0.1, 0.15) is 18.0 Å². The van der Waals surface area contributed by atoms with Gasteiger partial charge in [0, 0.05) is 16.4 Å².